The number of carbonyl (C=O) groups excluding carboxylic acids is 1. The van der Waals surface area contributed by atoms with E-state index >= 15 is 0 Å². The number of carbonyl (C=O) groups is 1. The Bertz CT molecular complexity index is 456. The van der Waals surface area contributed by atoms with Crippen molar-refractivity contribution in [3.8, 4) is 0 Å². The van der Waals surface area contributed by atoms with Gasteiger partial charge in [-0.25, -0.2) is 4.84 Å². The molecule has 14 heteroatoms. The largest absolute Gasteiger partial charge is 0.394 e. The van der Waals surface area contributed by atoms with Gasteiger partial charge in [0.1, 0.15) is 18.2 Å². The summed E-state index contributed by atoms with van der Waals surface area (Å²) >= 11 is 0. The van der Waals surface area contributed by atoms with Gasteiger partial charge in [0.25, 0.3) is 0 Å². The molecular formula is C10H16Ac3N4O7. The molecule has 3 radical (unpaired) electrons. The molecule has 2 heterocycles. The van der Waals surface area contributed by atoms with Crippen LogP contribution in [-0.4, -0.2) is 74.9 Å². The van der Waals surface area contributed by atoms with Crippen LogP contribution in [0.2, 0.25) is 0 Å². The van der Waals surface area contributed by atoms with Crippen LogP contribution in [0.3, 0.4) is 0 Å². The fourth-order valence-corrected chi connectivity index (χ4v) is 2.22. The van der Waals surface area contributed by atoms with Crippen LogP contribution in [0, 0.1) is 132 Å². The van der Waals surface area contributed by atoms with Gasteiger partial charge < -0.3 is 25.2 Å². The Balaban J connectivity index is 0. The summed E-state index contributed by atoms with van der Waals surface area (Å²) in [7, 11) is 0. The van der Waals surface area contributed by atoms with E-state index in [-0.39, 0.29) is 145 Å². The molecule has 0 aromatic carbocycles. The van der Waals surface area contributed by atoms with E-state index in [2.05, 4.69) is 10.0 Å². The number of aliphatic hydroxyl groups is 4. The maximum absolute atomic E-state index is 11.5. The second-order valence-corrected chi connectivity index (χ2v) is 4.75. The van der Waals surface area contributed by atoms with Crippen molar-refractivity contribution in [3.05, 3.63) is 10.4 Å². The van der Waals surface area contributed by atoms with Crippen molar-refractivity contribution in [2.24, 2.45) is 5.11 Å². The Morgan fingerprint density at radius 2 is 1.92 bits per heavy atom. The molecule has 2 saturated heterocycles. The molecule has 0 saturated carbocycles. The fraction of sp³-hybridized carbons (Fsp3) is 0.900. The van der Waals surface area contributed by atoms with Crippen molar-refractivity contribution in [2.75, 3.05) is 6.61 Å². The maximum atomic E-state index is 11.5. The van der Waals surface area contributed by atoms with Gasteiger partial charge >= 0.3 is 0 Å². The average Bonchev–Trinajstić information content (AvgIpc) is 2.78. The van der Waals surface area contributed by atoms with Crippen LogP contribution in [0.1, 0.15) is 12.8 Å². The third-order valence-corrected chi connectivity index (χ3v) is 3.38. The first-order valence-electron chi connectivity index (χ1n) is 6.33. The van der Waals surface area contributed by atoms with E-state index in [4.69, 9.17) is 20.2 Å². The Morgan fingerprint density at radius 3 is 2.38 bits per heavy atom. The zero-order valence-electron chi connectivity index (χ0n) is 12.6. The van der Waals surface area contributed by atoms with Crippen molar-refractivity contribution < 1.29 is 167 Å². The van der Waals surface area contributed by atoms with E-state index in [1.165, 1.54) is 0 Å². The van der Waals surface area contributed by atoms with E-state index in [0.29, 0.717) is 5.06 Å². The molecule has 24 heavy (non-hydrogen) atoms. The summed E-state index contributed by atoms with van der Waals surface area (Å²) in [6.07, 6.45) is -6.56. The summed E-state index contributed by atoms with van der Waals surface area (Å²) in [6, 6.07) is -1.34. The molecule has 0 spiro atoms. The van der Waals surface area contributed by atoms with Crippen molar-refractivity contribution in [3.63, 3.8) is 0 Å². The number of hydrogen-bond donors (Lipinski definition) is 4. The van der Waals surface area contributed by atoms with Crippen LogP contribution in [0.5, 0.6) is 0 Å². The predicted octanol–water partition coefficient (Wildman–Crippen LogP) is -2.02. The normalized spacial score (nSPS) is 35.2. The minimum atomic E-state index is -1.55. The van der Waals surface area contributed by atoms with Crippen LogP contribution in [0.4, 0.5) is 0 Å². The van der Waals surface area contributed by atoms with E-state index < -0.39 is 49.4 Å². The quantitative estimate of drug-likeness (QED) is 0.143. The zero-order valence-corrected chi connectivity index (χ0v) is 26.9. The van der Waals surface area contributed by atoms with E-state index in [9.17, 15) is 20.1 Å². The monoisotopic (exact) mass is 985 g/mol. The van der Waals surface area contributed by atoms with Gasteiger partial charge in [0.15, 0.2) is 12.5 Å². The standard InChI is InChI=1S/C10H16N4O7.3Ac/c11-13-12-7-9(19)8(18)4(3-15)20-10(7)21-14-5(16)1-2-6(14)17;;;/h4-5,7-10,15-16,18-19H,1-3H2;;;/t4?,5-,7-,8-,9?,10+;;;/m0.../s1. The van der Waals surface area contributed by atoms with Gasteiger partial charge in [-0.05, 0) is 5.53 Å². The maximum Gasteiger partial charge on any atom is 0.248 e. The Labute approximate surface area is 245 Å². The van der Waals surface area contributed by atoms with Gasteiger partial charge in [-0.2, -0.15) is 5.06 Å². The predicted molar refractivity (Wildman–Crippen MR) is 63.9 cm³/mol. The van der Waals surface area contributed by atoms with Gasteiger partial charge in [0, 0.05) is 150 Å². The van der Waals surface area contributed by atoms with E-state index in [1.807, 2.05) is 0 Å². The molecule has 2 rings (SSSR count). The molecule has 0 bridgehead atoms. The number of nitrogens with zero attached hydrogens (tertiary/aromatic N) is 4. The van der Waals surface area contributed by atoms with E-state index in [1.54, 1.807) is 0 Å². The Hall–Kier alpha value is 2.86. The molecular weight excluding hydrogens is 969 g/mol. The molecule has 2 fully saturated rings. The number of hydrogen-bond acceptors (Lipinski definition) is 8. The molecule has 0 aromatic heterocycles. The van der Waals surface area contributed by atoms with Crippen LogP contribution >= 0.6 is 0 Å². The minimum Gasteiger partial charge on any atom is -0.394 e. The zero-order chi connectivity index (χ0) is 15.6. The SMILES string of the molecule is [Ac].[Ac].[Ac].[N-]=[N+]=N[C@H]1C(O)[C@@H](O)C(CO)O[C@@H]1ON1C(=O)CC[C@@H]1O. The molecule has 11 nitrogen and oxygen atoms in total. The van der Waals surface area contributed by atoms with Crippen molar-refractivity contribution in [1.82, 2.24) is 5.06 Å². The Morgan fingerprint density at radius 1 is 1.29 bits per heavy atom. The molecule has 0 aromatic rings. The van der Waals surface area contributed by atoms with Gasteiger partial charge in [-0.15, -0.1) is 0 Å². The van der Waals surface area contributed by atoms with Gasteiger partial charge in [0.05, 0.1) is 12.7 Å². The summed E-state index contributed by atoms with van der Waals surface area (Å²) in [4.78, 5) is 19.2. The van der Waals surface area contributed by atoms with Crippen molar-refractivity contribution in [1.29, 1.82) is 0 Å². The smallest absolute Gasteiger partial charge is 0.248 e. The molecule has 2 aliphatic heterocycles. The van der Waals surface area contributed by atoms with Crippen LogP contribution < -0.4 is 0 Å². The number of aliphatic hydroxyl groups excluding tert-OH is 4. The van der Waals surface area contributed by atoms with Crippen LogP contribution in [0.15, 0.2) is 5.11 Å². The fourth-order valence-electron chi connectivity index (χ4n) is 2.22. The Kier molecular flexibility index (Phi) is 16.9. The summed E-state index contributed by atoms with van der Waals surface area (Å²) < 4.78 is 5.19. The first kappa shape index (κ1) is 29.1. The molecule has 6 atom stereocenters. The van der Waals surface area contributed by atoms with E-state index in [0.717, 1.165) is 0 Å². The molecule has 4 N–H and O–H groups in total. The summed E-state index contributed by atoms with van der Waals surface area (Å²) in [6.45, 7) is -0.614. The third kappa shape index (κ3) is 7.04. The van der Waals surface area contributed by atoms with Crippen LogP contribution in [0.25, 0.3) is 10.4 Å². The van der Waals surface area contributed by atoms with Crippen LogP contribution in [-0.2, 0) is 14.4 Å². The average molecular weight is 985 g/mol. The molecule has 2 aliphatic rings. The first-order valence-corrected chi connectivity index (χ1v) is 6.33. The van der Waals surface area contributed by atoms with Crippen molar-refractivity contribution >= 4 is 5.91 Å². The third-order valence-electron chi connectivity index (χ3n) is 3.38. The topological polar surface area (TPSA) is 168 Å². The van der Waals surface area contributed by atoms with Crippen molar-refractivity contribution in [2.45, 2.75) is 49.7 Å². The number of amides is 1. The molecule has 1 amide bonds. The molecule has 0 aliphatic carbocycles. The number of azide groups is 1. The van der Waals surface area contributed by atoms with Gasteiger partial charge in [0.2, 0.25) is 5.91 Å². The number of hydroxylamine groups is 2. The molecule has 2 unspecified atom stereocenters. The summed E-state index contributed by atoms with van der Waals surface area (Å²) in [5.41, 5.74) is 8.50. The first-order chi connectivity index (χ1) is 9.99. The van der Waals surface area contributed by atoms with Gasteiger partial charge in [-0.3, -0.25) is 4.79 Å². The molecule has 127 valence electrons. The second-order valence-electron chi connectivity index (χ2n) is 4.75. The minimum absolute atomic E-state index is 0. The van der Waals surface area contributed by atoms with Gasteiger partial charge in [-0.1, -0.05) is 5.11 Å². The number of ether oxygens (including phenoxy) is 1. The summed E-state index contributed by atoms with van der Waals surface area (Å²) in [5, 5.41) is 42.3. The second kappa shape index (κ2) is 13.9. The number of rotatable bonds is 4. The summed E-state index contributed by atoms with van der Waals surface area (Å²) in [5.74, 6) is -0.494.